The number of rotatable bonds is 3. The average molecular weight is 488 g/mol. The fourth-order valence-electron chi connectivity index (χ4n) is 1.43. The first-order chi connectivity index (χ1) is 9.31. The Morgan fingerprint density at radius 1 is 0.950 bits per heavy atom. The van der Waals surface area contributed by atoms with E-state index in [2.05, 4.69) is 52.5 Å². The van der Waals surface area contributed by atoms with Crippen LogP contribution in [0.3, 0.4) is 0 Å². The van der Waals surface area contributed by atoms with Crippen LogP contribution in [0, 0.1) is 5.82 Å². The standard InChI is InChI=1S/C12H7Br3FNO2S/c13-8-5-4-7(6-11(8)16)20(18,19)17-12-9(14)2-1-3-10(12)15/h1-6,17H. The van der Waals surface area contributed by atoms with Crippen molar-refractivity contribution in [3.63, 3.8) is 0 Å². The van der Waals surface area contributed by atoms with Crippen molar-refractivity contribution < 1.29 is 12.8 Å². The molecule has 0 spiro atoms. The third-order valence-electron chi connectivity index (χ3n) is 2.40. The maximum Gasteiger partial charge on any atom is 0.262 e. The maximum absolute atomic E-state index is 13.4. The molecule has 0 atom stereocenters. The highest BCUT2D eigenvalue weighted by Gasteiger charge is 2.18. The lowest BCUT2D eigenvalue weighted by Crippen LogP contribution is -2.14. The van der Waals surface area contributed by atoms with Gasteiger partial charge in [0.25, 0.3) is 10.0 Å². The predicted molar refractivity (Wildman–Crippen MR) is 86.8 cm³/mol. The van der Waals surface area contributed by atoms with E-state index in [1.54, 1.807) is 18.2 Å². The molecule has 3 nitrogen and oxygen atoms in total. The summed E-state index contributed by atoms with van der Waals surface area (Å²) >= 11 is 9.50. The molecular weight excluding hydrogens is 481 g/mol. The second-order valence-corrected chi connectivity index (χ2v) is 8.02. The van der Waals surface area contributed by atoms with Gasteiger partial charge in [0, 0.05) is 8.95 Å². The zero-order valence-electron chi connectivity index (χ0n) is 9.70. The van der Waals surface area contributed by atoms with Crippen molar-refractivity contribution in [2.24, 2.45) is 0 Å². The molecule has 2 aromatic carbocycles. The Balaban J connectivity index is 2.43. The van der Waals surface area contributed by atoms with Crippen LogP contribution >= 0.6 is 47.8 Å². The van der Waals surface area contributed by atoms with Crippen LogP contribution in [-0.2, 0) is 10.0 Å². The number of halogens is 4. The SMILES string of the molecule is O=S(=O)(Nc1c(Br)cccc1Br)c1ccc(Br)c(F)c1. The molecule has 0 bridgehead atoms. The predicted octanol–water partition coefficient (Wildman–Crippen LogP) is 4.91. The molecule has 0 heterocycles. The molecule has 0 saturated carbocycles. The van der Waals surface area contributed by atoms with E-state index < -0.39 is 15.8 Å². The number of hydrogen-bond donors (Lipinski definition) is 1. The van der Waals surface area contributed by atoms with Crippen LogP contribution in [0.15, 0.2) is 54.7 Å². The lowest BCUT2D eigenvalue weighted by Gasteiger charge is -2.11. The van der Waals surface area contributed by atoms with Crippen molar-refractivity contribution in [3.8, 4) is 0 Å². The maximum atomic E-state index is 13.4. The first-order valence-corrected chi connectivity index (χ1v) is 9.09. The van der Waals surface area contributed by atoms with Crippen molar-refractivity contribution in [1.29, 1.82) is 0 Å². The van der Waals surface area contributed by atoms with Crippen molar-refractivity contribution in [2.45, 2.75) is 4.90 Å². The van der Waals surface area contributed by atoms with Crippen LogP contribution in [0.5, 0.6) is 0 Å². The van der Waals surface area contributed by atoms with E-state index in [9.17, 15) is 12.8 Å². The summed E-state index contributed by atoms with van der Waals surface area (Å²) in [4.78, 5) is -0.152. The second kappa shape index (κ2) is 6.13. The van der Waals surface area contributed by atoms with Crippen LogP contribution in [0.4, 0.5) is 10.1 Å². The van der Waals surface area contributed by atoms with E-state index in [4.69, 9.17) is 0 Å². The van der Waals surface area contributed by atoms with Gasteiger partial charge in [-0.15, -0.1) is 0 Å². The van der Waals surface area contributed by atoms with Gasteiger partial charge in [0.2, 0.25) is 0 Å². The molecule has 2 aromatic rings. The number of para-hydroxylation sites is 1. The molecule has 0 saturated heterocycles. The summed E-state index contributed by atoms with van der Waals surface area (Å²) in [6, 6.07) is 8.78. The van der Waals surface area contributed by atoms with E-state index in [1.807, 2.05) is 0 Å². The number of benzene rings is 2. The first-order valence-electron chi connectivity index (χ1n) is 5.23. The van der Waals surface area contributed by atoms with Gasteiger partial charge < -0.3 is 0 Å². The molecule has 0 aliphatic rings. The normalized spacial score (nSPS) is 11.4. The Morgan fingerprint density at radius 2 is 1.55 bits per heavy atom. The fourth-order valence-corrected chi connectivity index (χ4v) is 4.25. The Labute approximate surface area is 141 Å². The smallest absolute Gasteiger partial charge is 0.262 e. The monoisotopic (exact) mass is 485 g/mol. The summed E-state index contributed by atoms with van der Waals surface area (Å²) in [6.45, 7) is 0. The molecule has 1 N–H and O–H groups in total. The van der Waals surface area contributed by atoms with Crippen molar-refractivity contribution in [2.75, 3.05) is 4.72 Å². The van der Waals surface area contributed by atoms with Gasteiger partial charge in [0.15, 0.2) is 0 Å². The Kier molecular flexibility index (Phi) is 4.88. The highest BCUT2D eigenvalue weighted by Crippen LogP contribution is 2.32. The van der Waals surface area contributed by atoms with Crippen LogP contribution < -0.4 is 4.72 Å². The molecule has 2 rings (SSSR count). The van der Waals surface area contributed by atoms with Crippen molar-refractivity contribution in [1.82, 2.24) is 0 Å². The fraction of sp³-hybridized carbons (Fsp3) is 0. The zero-order valence-corrected chi connectivity index (χ0v) is 15.3. The lowest BCUT2D eigenvalue weighted by molar-refractivity contribution is 0.593. The number of nitrogens with one attached hydrogen (secondary N) is 1. The number of sulfonamides is 1. The summed E-state index contributed by atoms with van der Waals surface area (Å²) in [5.74, 6) is -0.640. The van der Waals surface area contributed by atoms with Crippen LogP contribution in [-0.4, -0.2) is 8.42 Å². The Bertz CT molecular complexity index is 745. The van der Waals surface area contributed by atoms with Gasteiger partial charge in [-0.2, -0.15) is 0 Å². The van der Waals surface area contributed by atoms with E-state index in [0.29, 0.717) is 14.6 Å². The lowest BCUT2D eigenvalue weighted by atomic mass is 10.3. The van der Waals surface area contributed by atoms with Gasteiger partial charge >= 0.3 is 0 Å². The third kappa shape index (κ3) is 3.41. The first kappa shape index (κ1) is 15.9. The molecule has 0 unspecified atom stereocenters. The molecule has 20 heavy (non-hydrogen) atoms. The van der Waals surface area contributed by atoms with Crippen LogP contribution in [0.2, 0.25) is 0 Å². The number of hydrogen-bond acceptors (Lipinski definition) is 2. The summed E-state index contributed by atoms with van der Waals surface area (Å²) in [7, 11) is -3.87. The van der Waals surface area contributed by atoms with E-state index in [-0.39, 0.29) is 9.37 Å². The van der Waals surface area contributed by atoms with E-state index in [0.717, 1.165) is 6.07 Å². The largest absolute Gasteiger partial charge is 0.277 e. The van der Waals surface area contributed by atoms with Crippen LogP contribution in [0.1, 0.15) is 0 Å². The molecule has 0 radical (unpaired) electrons. The Morgan fingerprint density at radius 3 is 2.10 bits per heavy atom. The summed E-state index contributed by atoms with van der Waals surface area (Å²) in [6.07, 6.45) is 0. The van der Waals surface area contributed by atoms with Crippen LogP contribution in [0.25, 0.3) is 0 Å². The zero-order chi connectivity index (χ0) is 14.9. The summed E-state index contributed by atoms with van der Waals surface area (Å²) in [5, 5.41) is 0. The minimum absolute atomic E-state index is 0.152. The van der Waals surface area contributed by atoms with Gasteiger partial charge in [-0.05, 0) is 78.1 Å². The molecular formula is C12H7Br3FNO2S. The molecule has 0 aliphatic heterocycles. The van der Waals surface area contributed by atoms with E-state index in [1.165, 1.54) is 12.1 Å². The van der Waals surface area contributed by atoms with Gasteiger partial charge in [0.05, 0.1) is 15.1 Å². The van der Waals surface area contributed by atoms with Gasteiger partial charge in [-0.1, -0.05) is 6.07 Å². The number of anilines is 1. The molecule has 106 valence electrons. The minimum Gasteiger partial charge on any atom is -0.277 e. The quantitative estimate of drug-likeness (QED) is 0.668. The Hall–Kier alpha value is -0.440. The average Bonchev–Trinajstić information content (AvgIpc) is 2.37. The molecule has 0 amide bonds. The van der Waals surface area contributed by atoms with Gasteiger partial charge in [-0.3, -0.25) is 4.72 Å². The highest BCUT2D eigenvalue weighted by atomic mass is 79.9. The topological polar surface area (TPSA) is 46.2 Å². The highest BCUT2D eigenvalue weighted by molar-refractivity contribution is 9.11. The summed E-state index contributed by atoms with van der Waals surface area (Å²) in [5.41, 5.74) is 0.357. The van der Waals surface area contributed by atoms with Gasteiger partial charge in [-0.25, -0.2) is 12.8 Å². The molecule has 8 heteroatoms. The molecule has 0 aromatic heterocycles. The third-order valence-corrected chi connectivity index (χ3v) is 5.71. The van der Waals surface area contributed by atoms with E-state index >= 15 is 0 Å². The van der Waals surface area contributed by atoms with Crippen molar-refractivity contribution >= 4 is 63.5 Å². The summed E-state index contributed by atoms with van der Waals surface area (Å²) < 4.78 is 41.7. The van der Waals surface area contributed by atoms with Gasteiger partial charge in [0.1, 0.15) is 5.82 Å². The molecule has 0 aliphatic carbocycles. The van der Waals surface area contributed by atoms with Crippen molar-refractivity contribution in [3.05, 3.63) is 55.6 Å². The minimum atomic E-state index is -3.87. The molecule has 0 fully saturated rings. The second-order valence-electron chi connectivity index (χ2n) is 3.78.